The molecule has 1 aliphatic rings. The average Bonchev–Trinajstić information content (AvgIpc) is 2.69. The van der Waals surface area contributed by atoms with Gasteiger partial charge in [-0.2, -0.15) is 0 Å². The van der Waals surface area contributed by atoms with Crippen LogP contribution in [0, 0.1) is 0 Å². The first-order chi connectivity index (χ1) is 12.7. The molecule has 0 saturated carbocycles. The first-order valence-corrected chi connectivity index (χ1v) is 8.90. The molecule has 6 heteroatoms. The lowest BCUT2D eigenvalue weighted by Crippen LogP contribution is -3.13. The van der Waals surface area contributed by atoms with Gasteiger partial charge >= 0.3 is 0 Å². The normalized spacial score (nSPS) is 14.9. The van der Waals surface area contributed by atoms with Crippen LogP contribution in [-0.2, 0) is 17.8 Å². The predicted molar refractivity (Wildman–Crippen MR) is 98.5 cm³/mol. The van der Waals surface area contributed by atoms with E-state index in [4.69, 9.17) is 9.47 Å². The Morgan fingerprint density at radius 3 is 2.50 bits per heavy atom. The van der Waals surface area contributed by atoms with E-state index in [1.54, 1.807) is 14.2 Å². The van der Waals surface area contributed by atoms with Crippen LogP contribution in [0.3, 0.4) is 0 Å². The number of aromatic nitrogens is 1. The van der Waals surface area contributed by atoms with Crippen molar-refractivity contribution in [1.29, 1.82) is 0 Å². The third-order valence-corrected chi connectivity index (χ3v) is 4.86. The van der Waals surface area contributed by atoms with Crippen molar-refractivity contribution in [3.05, 3.63) is 53.9 Å². The van der Waals surface area contributed by atoms with E-state index in [2.05, 4.69) is 17.1 Å². The minimum atomic E-state index is 0.149. The molecule has 1 aliphatic heterocycles. The quantitative estimate of drug-likeness (QED) is 0.822. The van der Waals surface area contributed by atoms with Crippen molar-refractivity contribution >= 4 is 5.91 Å². The molecule has 0 radical (unpaired) electrons. The molecule has 0 bridgehead atoms. The summed E-state index contributed by atoms with van der Waals surface area (Å²) >= 11 is 0. The second kappa shape index (κ2) is 8.67. The summed E-state index contributed by atoms with van der Waals surface area (Å²) in [5.41, 5.74) is 2.18. The van der Waals surface area contributed by atoms with Gasteiger partial charge in [-0.25, -0.2) is 0 Å². The van der Waals surface area contributed by atoms with Crippen molar-refractivity contribution in [1.82, 2.24) is 9.88 Å². The molecule has 0 atom stereocenters. The van der Waals surface area contributed by atoms with Crippen LogP contribution in [0.4, 0.5) is 0 Å². The van der Waals surface area contributed by atoms with E-state index in [1.807, 2.05) is 35.5 Å². The molecule has 1 amide bonds. The topological polar surface area (TPSA) is 56.1 Å². The molecule has 6 nitrogen and oxygen atoms in total. The van der Waals surface area contributed by atoms with Crippen molar-refractivity contribution in [2.75, 3.05) is 40.4 Å². The van der Waals surface area contributed by atoms with Crippen LogP contribution in [0.5, 0.6) is 11.5 Å². The number of ether oxygens (including phenoxy) is 2. The maximum Gasteiger partial charge on any atom is 0.227 e. The van der Waals surface area contributed by atoms with Crippen LogP contribution >= 0.6 is 0 Å². The SMILES string of the molecule is COc1ccc(CC(=O)N2CC[NH+](Cc3ccncc3)CC2)c(OC)c1. The molecule has 0 aliphatic carbocycles. The van der Waals surface area contributed by atoms with Crippen LogP contribution in [0.1, 0.15) is 11.1 Å². The van der Waals surface area contributed by atoms with Crippen molar-refractivity contribution in [2.45, 2.75) is 13.0 Å². The number of methoxy groups -OCH3 is 2. The van der Waals surface area contributed by atoms with Gasteiger partial charge in [0.1, 0.15) is 18.0 Å². The van der Waals surface area contributed by atoms with Gasteiger partial charge in [0, 0.05) is 29.6 Å². The Bertz CT molecular complexity index is 728. The lowest BCUT2D eigenvalue weighted by atomic mass is 10.1. The van der Waals surface area contributed by atoms with Crippen LogP contribution in [-0.4, -0.2) is 56.2 Å². The molecule has 1 saturated heterocycles. The highest BCUT2D eigenvalue weighted by molar-refractivity contribution is 5.79. The highest BCUT2D eigenvalue weighted by Crippen LogP contribution is 2.25. The molecule has 26 heavy (non-hydrogen) atoms. The first-order valence-electron chi connectivity index (χ1n) is 8.90. The summed E-state index contributed by atoms with van der Waals surface area (Å²) in [6.45, 7) is 4.49. The zero-order valence-corrected chi connectivity index (χ0v) is 15.4. The van der Waals surface area contributed by atoms with Gasteiger partial charge in [0.2, 0.25) is 5.91 Å². The van der Waals surface area contributed by atoms with Crippen molar-refractivity contribution in [3.8, 4) is 11.5 Å². The van der Waals surface area contributed by atoms with E-state index in [0.29, 0.717) is 12.2 Å². The van der Waals surface area contributed by atoms with Gasteiger partial charge < -0.3 is 19.3 Å². The molecular formula is C20H26N3O3+. The van der Waals surface area contributed by atoms with Gasteiger partial charge in [-0.05, 0) is 18.2 Å². The highest BCUT2D eigenvalue weighted by atomic mass is 16.5. The molecule has 1 N–H and O–H groups in total. The summed E-state index contributed by atoms with van der Waals surface area (Å²) in [6, 6.07) is 9.70. The monoisotopic (exact) mass is 356 g/mol. The molecule has 1 aromatic carbocycles. The largest absolute Gasteiger partial charge is 0.497 e. The minimum absolute atomic E-state index is 0.149. The smallest absolute Gasteiger partial charge is 0.227 e. The number of carbonyl (C=O) groups excluding carboxylic acids is 1. The molecule has 0 unspecified atom stereocenters. The number of pyridine rings is 1. The van der Waals surface area contributed by atoms with E-state index in [9.17, 15) is 4.79 Å². The van der Waals surface area contributed by atoms with Crippen molar-refractivity contribution in [2.24, 2.45) is 0 Å². The summed E-state index contributed by atoms with van der Waals surface area (Å²) in [5, 5.41) is 0. The number of nitrogens with zero attached hydrogens (tertiary/aromatic N) is 2. The lowest BCUT2D eigenvalue weighted by Gasteiger charge is -2.32. The van der Waals surface area contributed by atoms with Gasteiger partial charge in [0.15, 0.2) is 0 Å². The Morgan fingerprint density at radius 2 is 1.85 bits per heavy atom. The summed E-state index contributed by atoms with van der Waals surface area (Å²) in [7, 11) is 3.23. The fraction of sp³-hybridized carbons (Fsp3) is 0.400. The molecule has 2 heterocycles. The molecular weight excluding hydrogens is 330 g/mol. The number of amides is 1. The Kier molecular flexibility index (Phi) is 6.07. The number of hydrogen-bond acceptors (Lipinski definition) is 4. The Morgan fingerprint density at radius 1 is 1.12 bits per heavy atom. The number of piperazine rings is 1. The summed E-state index contributed by atoms with van der Waals surface area (Å²) < 4.78 is 10.6. The van der Waals surface area contributed by atoms with Crippen molar-refractivity contribution < 1.29 is 19.2 Å². The van der Waals surface area contributed by atoms with Gasteiger partial charge in [0.25, 0.3) is 0 Å². The molecule has 1 aromatic heterocycles. The standard InChI is InChI=1S/C20H25N3O3/c1-25-18-4-3-17(19(14-18)26-2)13-20(24)23-11-9-22(10-12-23)15-16-5-7-21-8-6-16/h3-8,14H,9-13,15H2,1-2H3/p+1. The highest BCUT2D eigenvalue weighted by Gasteiger charge is 2.24. The first kappa shape index (κ1) is 18.2. The van der Waals surface area contributed by atoms with Crippen LogP contribution < -0.4 is 14.4 Å². The van der Waals surface area contributed by atoms with Crippen LogP contribution in [0.15, 0.2) is 42.7 Å². The predicted octanol–water partition coefficient (Wildman–Crippen LogP) is 0.569. The molecule has 1 fully saturated rings. The second-order valence-electron chi connectivity index (χ2n) is 6.52. The number of benzene rings is 1. The van der Waals surface area contributed by atoms with Gasteiger partial charge in [-0.1, -0.05) is 6.07 Å². The zero-order valence-electron chi connectivity index (χ0n) is 15.4. The number of carbonyl (C=O) groups is 1. The van der Waals surface area contributed by atoms with E-state index in [1.165, 1.54) is 10.5 Å². The fourth-order valence-electron chi connectivity index (χ4n) is 3.31. The third kappa shape index (κ3) is 4.52. The summed E-state index contributed by atoms with van der Waals surface area (Å²) in [5.74, 6) is 1.57. The van der Waals surface area contributed by atoms with E-state index in [0.717, 1.165) is 44.0 Å². The number of quaternary nitrogens is 1. The Hall–Kier alpha value is -2.60. The summed E-state index contributed by atoms with van der Waals surface area (Å²) in [4.78, 5) is 20.2. The molecule has 0 spiro atoms. The van der Waals surface area contributed by atoms with E-state index >= 15 is 0 Å². The fourth-order valence-corrected chi connectivity index (χ4v) is 3.31. The Labute approximate surface area is 154 Å². The number of hydrogen-bond donors (Lipinski definition) is 1. The lowest BCUT2D eigenvalue weighted by molar-refractivity contribution is -0.917. The van der Waals surface area contributed by atoms with Crippen molar-refractivity contribution in [3.63, 3.8) is 0 Å². The molecule has 138 valence electrons. The maximum atomic E-state index is 12.7. The summed E-state index contributed by atoms with van der Waals surface area (Å²) in [6.07, 6.45) is 4.01. The van der Waals surface area contributed by atoms with Crippen LogP contribution in [0.25, 0.3) is 0 Å². The second-order valence-corrected chi connectivity index (χ2v) is 6.52. The van der Waals surface area contributed by atoms with Gasteiger partial charge in [0.05, 0.1) is 46.8 Å². The van der Waals surface area contributed by atoms with E-state index < -0.39 is 0 Å². The van der Waals surface area contributed by atoms with Gasteiger partial charge in [-0.3, -0.25) is 9.78 Å². The van der Waals surface area contributed by atoms with Gasteiger partial charge in [-0.15, -0.1) is 0 Å². The average molecular weight is 356 g/mol. The van der Waals surface area contributed by atoms with Crippen LogP contribution in [0.2, 0.25) is 0 Å². The number of nitrogens with one attached hydrogen (secondary N) is 1. The Balaban J connectivity index is 1.54. The third-order valence-electron chi connectivity index (χ3n) is 4.86. The molecule has 3 rings (SSSR count). The maximum absolute atomic E-state index is 12.7. The minimum Gasteiger partial charge on any atom is -0.497 e. The molecule has 2 aromatic rings. The zero-order chi connectivity index (χ0) is 18.4. The number of rotatable bonds is 6. The van der Waals surface area contributed by atoms with E-state index in [-0.39, 0.29) is 5.91 Å².